The minimum Gasteiger partial charge on any atom is -0.369 e. The maximum absolute atomic E-state index is 13.0. The van der Waals surface area contributed by atoms with Crippen LogP contribution in [0, 0.1) is 5.92 Å². The normalized spacial score (nSPS) is 16.8. The molecule has 0 fully saturated rings. The Morgan fingerprint density at radius 3 is 2.76 bits per heavy atom. The molecule has 0 saturated heterocycles. The van der Waals surface area contributed by atoms with Crippen molar-refractivity contribution in [2.75, 3.05) is 32.1 Å². The summed E-state index contributed by atoms with van der Waals surface area (Å²) in [5.41, 5.74) is 7.65. The number of nitrogens with two attached hydrogens (primary N) is 1. The third kappa shape index (κ3) is 3.71. The Kier molecular flexibility index (Phi) is 4.85. The number of carbonyl (C=O) groups excluding carboxylic acids is 2. The van der Waals surface area contributed by atoms with E-state index in [4.69, 9.17) is 5.73 Å². The molecular formula is C18H23N5O2. The number of carbonyl (C=O) groups is 2. The summed E-state index contributed by atoms with van der Waals surface area (Å²) < 4.78 is 1.76. The lowest BCUT2D eigenvalue weighted by Gasteiger charge is -2.32. The highest BCUT2D eigenvalue weighted by atomic mass is 16.2. The van der Waals surface area contributed by atoms with Gasteiger partial charge in [-0.3, -0.25) is 14.3 Å². The van der Waals surface area contributed by atoms with E-state index in [9.17, 15) is 9.59 Å². The Bertz CT molecular complexity index is 783. The van der Waals surface area contributed by atoms with Gasteiger partial charge in [-0.1, -0.05) is 18.2 Å². The smallest absolute Gasteiger partial charge is 0.278 e. The van der Waals surface area contributed by atoms with Crippen LogP contribution >= 0.6 is 0 Å². The second kappa shape index (κ2) is 7.06. The fourth-order valence-electron chi connectivity index (χ4n) is 3.02. The van der Waals surface area contributed by atoms with Crippen molar-refractivity contribution in [3.8, 4) is 0 Å². The third-order valence-corrected chi connectivity index (χ3v) is 4.44. The van der Waals surface area contributed by atoms with Crippen LogP contribution in [-0.2, 0) is 17.8 Å². The maximum Gasteiger partial charge on any atom is 0.278 e. The van der Waals surface area contributed by atoms with Gasteiger partial charge >= 0.3 is 0 Å². The summed E-state index contributed by atoms with van der Waals surface area (Å²) in [5, 5.41) is 4.38. The first-order chi connectivity index (χ1) is 12.0. The second-order valence-corrected chi connectivity index (χ2v) is 6.62. The molecule has 2 aromatic rings. The average Bonchev–Trinajstić information content (AvgIpc) is 3.07. The topological polar surface area (TPSA) is 84.5 Å². The number of primary amides is 1. The van der Waals surface area contributed by atoms with Crippen molar-refractivity contribution in [1.29, 1.82) is 0 Å². The van der Waals surface area contributed by atoms with Gasteiger partial charge in [0.15, 0.2) is 5.69 Å². The molecule has 2 amide bonds. The second-order valence-electron chi connectivity index (χ2n) is 6.62. The summed E-state index contributed by atoms with van der Waals surface area (Å²) in [5.74, 6) is -0.972. The first kappa shape index (κ1) is 17.2. The van der Waals surface area contributed by atoms with Crippen LogP contribution in [0.2, 0.25) is 0 Å². The molecule has 0 aliphatic carbocycles. The molecule has 2 N–H and O–H groups in total. The monoisotopic (exact) mass is 341 g/mol. The number of hydrogen-bond acceptors (Lipinski definition) is 4. The van der Waals surface area contributed by atoms with E-state index in [1.54, 1.807) is 21.8 Å². The molecule has 2 heterocycles. The number of hydrogen-bond donors (Lipinski definition) is 1. The van der Waals surface area contributed by atoms with Gasteiger partial charge in [0.2, 0.25) is 5.91 Å². The molecule has 7 heteroatoms. The van der Waals surface area contributed by atoms with Gasteiger partial charge in [-0.15, -0.1) is 0 Å². The predicted molar refractivity (Wildman–Crippen MR) is 95.3 cm³/mol. The summed E-state index contributed by atoms with van der Waals surface area (Å²) in [4.78, 5) is 28.3. The maximum atomic E-state index is 13.0. The summed E-state index contributed by atoms with van der Waals surface area (Å²) in [6, 6.07) is 9.34. The number of fused-ring (bicyclic) bond motifs is 1. The highest BCUT2D eigenvalue weighted by Gasteiger charge is 2.32. The minimum atomic E-state index is -0.385. The number of rotatable bonds is 5. The molecule has 1 atom stereocenters. The zero-order chi connectivity index (χ0) is 18.0. The van der Waals surface area contributed by atoms with Crippen molar-refractivity contribution in [3.05, 3.63) is 47.8 Å². The minimum absolute atomic E-state index is 0.206. The summed E-state index contributed by atoms with van der Waals surface area (Å²) in [6.45, 7) is 1.84. The summed E-state index contributed by atoms with van der Waals surface area (Å²) in [7, 11) is 3.98. The largest absolute Gasteiger partial charge is 0.369 e. The zero-order valence-electron chi connectivity index (χ0n) is 14.6. The van der Waals surface area contributed by atoms with Crippen molar-refractivity contribution in [2.45, 2.75) is 13.0 Å². The van der Waals surface area contributed by atoms with E-state index in [1.165, 1.54) is 0 Å². The fourth-order valence-corrected chi connectivity index (χ4v) is 3.02. The third-order valence-electron chi connectivity index (χ3n) is 4.44. The van der Waals surface area contributed by atoms with E-state index in [2.05, 4.69) is 10.00 Å². The molecule has 1 aliphatic rings. The van der Waals surface area contributed by atoms with Gasteiger partial charge in [-0.05, 0) is 38.2 Å². The van der Waals surface area contributed by atoms with Crippen LogP contribution in [0.4, 0.5) is 5.69 Å². The highest BCUT2D eigenvalue weighted by Crippen LogP contribution is 2.30. The van der Waals surface area contributed by atoms with E-state index in [-0.39, 0.29) is 24.3 Å². The van der Waals surface area contributed by atoms with Crippen LogP contribution in [0.1, 0.15) is 16.1 Å². The molecule has 1 unspecified atom stereocenters. The van der Waals surface area contributed by atoms with Gasteiger partial charge in [0.05, 0.1) is 12.5 Å². The molecule has 0 spiro atoms. The van der Waals surface area contributed by atoms with E-state index in [0.29, 0.717) is 18.7 Å². The van der Waals surface area contributed by atoms with E-state index >= 15 is 0 Å². The zero-order valence-corrected chi connectivity index (χ0v) is 14.6. The van der Waals surface area contributed by atoms with Crippen molar-refractivity contribution in [1.82, 2.24) is 14.7 Å². The molecule has 25 heavy (non-hydrogen) atoms. The van der Waals surface area contributed by atoms with Crippen LogP contribution in [-0.4, -0.2) is 53.7 Å². The highest BCUT2D eigenvalue weighted by molar-refractivity contribution is 6.06. The Labute approximate surface area is 147 Å². The predicted octanol–water partition coefficient (Wildman–Crippen LogP) is 0.749. The van der Waals surface area contributed by atoms with Gasteiger partial charge in [0, 0.05) is 25.0 Å². The molecule has 132 valence electrons. The van der Waals surface area contributed by atoms with Crippen molar-refractivity contribution in [2.24, 2.45) is 11.7 Å². The van der Waals surface area contributed by atoms with Crippen LogP contribution in [0.5, 0.6) is 0 Å². The SMILES string of the molecule is CN(C)CCn1ccc(C(=O)N2CC(C(N)=O)Cc3ccccc32)n1. The Morgan fingerprint density at radius 1 is 1.28 bits per heavy atom. The van der Waals surface area contributed by atoms with Gasteiger partial charge < -0.3 is 15.5 Å². The summed E-state index contributed by atoms with van der Waals surface area (Å²) >= 11 is 0. The van der Waals surface area contributed by atoms with Crippen LogP contribution in [0.15, 0.2) is 36.5 Å². The van der Waals surface area contributed by atoms with Crippen LogP contribution < -0.4 is 10.6 Å². The van der Waals surface area contributed by atoms with E-state index < -0.39 is 0 Å². The van der Waals surface area contributed by atoms with Gasteiger partial charge in [-0.2, -0.15) is 5.10 Å². The molecule has 0 radical (unpaired) electrons. The fraction of sp³-hybridized carbons (Fsp3) is 0.389. The van der Waals surface area contributed by atoms with Crippen molar-refractivity contribution in [3.63, 3.8) is 0 Å². The quantitative estimate of drug-likeness (QED) is 0.870. The summed E-state index contributed by atoms with van der Waals surface area (Å²) in [6.07, 6.45) is 2.37. The first-order valence-electron chi connectivity index (χ1n) is 8.33. The number of benzene rings is 1. The average molecular weight is 341 g/mol. The Balaban J connectivity index is 1.84. The standard InChI is InChI=1S/C18H23N5O2/c1-21(2)9-10-22-8-7-15(20-22)18(25)23-12-14(17(19)24)11-13-5-3-4-6-16(13)23/h3-8,14H,9-12H2,1-2H3,(H2,19,24). The Morgan fingerprint density at radius 2 is 2.04 bits per heavy atom. The van der Waals surface area contributed by atoms with E-state index in [1.807, 2.05) is 38.4 Å². The molecule has 1 aromatic carbocycles. The van der Waals surface area contributed by atoms with E-state index in [0.717, 1.165) is 17.8 Å². The lowest BCUT2D eigenvalue weighted by Crippen LogP contribution is -2.44. The first-order valence-corrected chi connectivity index (χ1v) is 8.33. The van der Waals surface area contributed by atoms with Crippen LogP contribution in [0.25, 0.3) is 0 Å². The lowest BCUT2D eigenvalue weighted by atomic mass is 9.92. The molecule has 1 aliphatic heterocycles. The molecule has 0 saturated carbocycles. The van der Waals surface area contributed by atoms with Gasteiger partial charge in [0.1, 0.15) is 0 Å². The number of amides is 2. The molecule has 7 nitrogen and oxygen atoms in total. The lowest BCUT2D eigenvalue weighted by molar-refractivity contribution is -0.121. The molecule has 0 bridgehead atoms. The Hall–Kier alpha value is -2.67. The molecule has 3 rings (SSSR count). The number of anilines is 1. The van der Waals surface area contributed by atoms with Crippen LogP contribution in [0.3, 0.4) is 0 Å². The number of nitrogens with zero attached hydrogens (tertiary/aromatic N) is 4. The molecular weight excluding hydrogens is 318 g/mol. The van der Waals surface area contributed by atoms with Gasteiger partial charge in [-0.25, -0.2) is 0 Å². The van der Waals surface area contributed by atoms with Crippen molar-refractivity contribution < 1.29 is 9.59 Å². The van der Waals surface area contributed by atoms with Crippen molar-refractivity contribution >= 4 is 17.5 Å². The molecule has 1 aromatic heterocycles. The van der Waals surface area contributed by atoms with Gasteiger partial charge in [0.25, 0.3) is 5.91 Å². The number of aromatic nitrogens is 2. The number of para-hydroxylation sites is 1. The number of likely N-dealkylation sites (N-methyl/N-ethyl adjacent to an activating group) is 1.